The molecule has 3 amide bonds. The second-order valence-corrected chi connectivity index (χ2v) is 5.17. The van der Waals surface area contributed by atoms with Gasteiger partial charge in [0.1, 0.15) is 0 Å². The zero-order valence-electron chi connectivity index (χ0n) is 11.7. The summed E-state index contributed by atoms with van der Waals surface area (Å²) in [6, 6.07) is 11.6. The van der Waals surface area contributed by atoms with Crippen LogP contribution in [0.3, 0.4) is 0 Å². The van der Waals surface area contributed by atoms with Crippen LogP contribution < -0.4 is 10.6 Å². The molecule has 0 atom stereocenters. The maximum Gasteiger partial charge on any atom is 0.326 e. The van der Waals surface area contributed by atoms with Crippen molar-refractivity contribution >= 4 is 29.2 Å². The number of anilines is 1. The Morgan fingerprint density at radius 3 is 2.24 bits per heavy atom. The minimum Gasteiger partial charge on any atom is -0.308 e. The van der Waals surface area contributed by atoms with Gasteiger partial charge in [0.25, 0.3) is 5.91 Å². The summed E-state index contributed by atoms with van der Waals surface area (Å²) < 4.78 is 0. The number of hydrogen-bond donors (Lipinski definition) is 2. The van der Waals surface area contributed by atoms with E-state index in [0.29, 0.717) is 10.7 Å². The quantitative estimate of drug-likeness (QED) is 0.883. The van der Waals surface area contributed by atoms with Crippen LogP contribution in [0.1, 0.15) is 21.5 Å². The van der Waals surface area contributed by atoms with Crippen molar-refractivity contribution in [3.63, 3.8) is 0 Å². The van der Waals surface area contributed by atoms with Crippen molar-refractivity contribution in [1.82, 2.24) is 5.32 Å². The van der Waals surface area contributed by atoms with Crippen molar-refractivity contribution in [2.75, 3.05) is 5.32 Å². The smallest absolute Gasteiger partial charge is 0.308 e. The Hall–Kier alpha value is -2.33. The summed E-state index contributed by atoms with van der Waals surface area (Å²) in [6.07, 6.45) is 0. The van der Waals surface area contributed by atoms with Crippen molar-refractivity contribution in [1.29, 1.82) is 0 Å². The van der Waals surface area contributed by atoms with E-state index in [1.165, 1.54) is 0 Å². The van der Waals surface area contributed by atoms with E-state index < -0.39 is 11.9 Å². The monoisotopic (exact) mass is 302 g/mol. The molecule has 0 fully saturated rings. The number of aryl methyl sites for hydroxylation is 2. The Morgan fingerprint density at radius 1 is 1.00 bits per heavy atom. The highest BCUT2D eigenvalue weighted by Crippen LogP contribution is 2.15. The zero-order chi connectivity index (χ0) is 15.4. The van der Waals surface area contributed by atoms with Gasteiger partial charge in [-0.2, -0.15) is 0 Å². The maximum atomic E-state index is 11.9. The standard InChI is InChI=1S/C16H15ClN2O2/c1-10-7-11(2)9-12(8-10)18-16(21)19-15(20)13-5-3-4-6-14(13)17/h3-9H,1-2H3,(H2,18,19,20,21). The van der Waals surface area contributed by atoms with E-state index in [-0.39, 0.29) is 5.56 Å². The summed E-state index contributed by atoms with van der Waals surface area (Å²) in [5, 5.41) is 5.18. The molecular formula is C16H15ClN2O2. The third kappa shape index (κ3) is 4.07. The van der Waals surface area contributed by atoms with Gasteiger partial charge in [-0.05, 0) is 49.2 Å². The van der Waals surface area contributed by atoms with Gasteiger partial charge in [0.15, 0.2) is 0 Å². The van der Waals surface area contributed by atoms with Crippen molar-refractivity contribution < 1.29 is 9.59 Å². The third-order valence-corrected chi connectivity index (χ3v) is 3.15. The first-order chi connectivity index (χ1) is 9.95. The first-order valence-electron chi connectivity index (χ1n) is 6.41. The van der Waals surface area contributed by atoms with Crippen LogP contribution >= 0.6 is 11.6 Å². The molecule has 4 nitrogen and oxygen atoms in total. The second-order valence-electron chi connectivity index (χ2n) is 4.76. The lowest BCUT2D eigenvalue weighted by molar-refractivity contribution is 0.0967. The maximum absolute atomic E-state index is 11.9. The van der Waals surface area contributed by atoms with Crippen molar-refractivity contribution in [2.45, 2.75) is 13.8 Å². The molecule has 2 rings (SSSR count). The number of carbonyl (C=O) groups excluding carboxylic acids is 2. The van der Waals surface area contributed by atoms with Gasteiger partial charge >= 0.3 is 6.03 Å². The molecule has 0 aliphatic carbocycles. The largest absolute Gasteiger partial charge is 0.326 e. The van der Waals surface area contributed by atoms with Gasteiger partial charge in [-0.25, -0.2) is 4.79 Å². The Kier molecular flexibility index (Phi) is 4.60. The topological polar surface area (TPSA) is 58.2 Å². The molecule has 2 aromatic rings. The summed E-state index contributed by atoms with van der Waals surface area (Å²) in [7, 11) is 0. The molecule has 0 radical (unpaired) electrons. The van der Waals surface area contributed by atoms with Crippen LogP contribution in [0, 0.1) is 13.8 Å². The number of nitrogens with one attached hydrogen (secondary N) is 2. The Balaban J connectivity index is 2.05. The van der Waals surface area contributed by atoms with Crippen molar-refractivity contribution in [2.24, 2.45) is 0 Å². The van der Waals surface area contributed by atoms with E-state index >= 15 is 0 Å². The van der Waals surface area contributed by atoms with Gasteiger partial charge < -0.3 is 5.32 Å². The highest BCUT2D eigenvalue weighted by atomic mass is 35.5. The molecule has 0 spiro atoms. The number of halogens is 1. The van der Waals surface area contributed by atoms with Crippen LogP contribution in [0.2, 0.25) is 5.02 Å². The van der Waals surface area contributed by atoms with E-state index in [1.54, 1.807) is 24.3 Å². The van der Waals surface area contributed by atoms with E-state index in [1.807, 2.05) is 32.0 Å². The van der Waals surface area contributed by atoms with Crippen molar-refractivity contribution in [3.8, 4) is 0 Å². The number of imide groups is 1. The molecule has 0 aromatic heterocycles. The van der Waals surface area contributed by atoms with E-state index in [0.717, 1.165) is 11.1 Å². The van der Waals surface area contributed by atoms with Gasteiger partial charge in [0, 0.05) is 5.69 Å². The molecule has 0 saturated heterocycles. The fourth-order valence-electron chi connectivity index (χ4n) is 2.02. The lowest BCUT2D eigenvalue weighted by Crippen LogP contribution is -2.34. The SMILES string of the molecule is Cc1cc(C)cc(NC(=O)NC(=O)c2ccccc2Cl)c1. The number of urea groups is 1. The predicted octanol–water partition coefficient (Wildman–Crippen LogP) is 3.92. The highest BCUT2D eigenvalue weighted by molar-refractivity contribution is 6.34. The molecule has 5 heteroatoms. The lowest BCUT2D eigenvalue weighted by Gasteiger charge is -2.09. The predicted molar refractivity (Wildman–Crippen MR) is 83.9 cm³/mol. The summed E-state index contributed by atoms with van der Waals surface area (Å²) in [4.78, 5) is 23.8. The van der Waals surface area contributed by atoms with Gasteiger partial charge in [0.2, 0.25) is 0 Å². The van der Waals surface area contributed by atoms with Crippen LogP contribution in [-0.4, -0.2) is 11.9 Å². The van der Waals surface area contributed by atoms with Crippen LogP contribution in [0.5, 0.6) is 0 Å². The van der Waals surface area contributed by atoms with Gasteiger partial charge in [0.05, 0.1) is 10.6 Å². The molecule has 0 saturated carbocycles. The van der Waals surface area contributed by atoms with Crippen molar-refractivity contribution in [3.05, 3.63) is 64.2 Å². The number of benzene rings is 2. The molecule has 108 valence electrons. The van der Waals surface area contributed by atoms with Crippen LogP contribution in [-0.2, 0) is 0 Å². The molecular weight excluding hydrogens is 288 g/mol. The first kappa shape index (κ1) is 15.1. The van der Waals surface area contributed by atoms with Crippen LogP contribution in [0.25, 0.3) is 0 Å². The minimum absolute atomic E-state index is 0.259. The summed E-state index contributed by atoms with van der Waals surface area (Å²) in [6.45, 7) is 3.87. The Bertz CT molecular complexity index is 678. The number of carbonyl (C=O) groups is 2. The first-order valence-corrected chi connectivity index (χ1v) is 6.78. The third-order valence-electron chi connectivity index (χ3n) is 2.83. The van der Waals surface area contributed by atoms with Crippen LogP contribution in [0.15, 0.2) is 42.5 Å². The molecule has 0 aliphatic rings. The molecule has 21 heavy (non-hydrogen) atoms. The number of rotatable bonds is 2. The highest BCUT2D eigenvalue weighted by Gasteiger charge is 2.13. The second kappa shape index (κ2) is 6.41. The summed E-state index contributed by atoms with van der Waals surface area (Å²) >= 11 is 5.91. The summed E-state index contributed by atoms with van der Waals surface area (Å²) in [5.41, 5.74) is 2.96. The number of hydrogen-bond acceptors (Lipinski definition) is 2. The molecule has 2 aromatic carbocycles. The van der Waals surface area contributed by atoms with Crippen LogP contribution in [0.4, 0.5) is 10.5 Å². The fraction of sp³-hybridized carbons (Fsp3) is 0.125. The zero-order valence-corrected chi connectivity index (χ0v) is 12.5. The Morgan fingerprint density at radius 2 is 1.62 bits per heavy atom. The minimum atomic E-state index is -0.593. The molecule has 0 unspecified atom stereocenters. The summed E-state index contributed by atoms with van der Waals surface area (Å²) in [5.74, 6) is -0.539. The van der Waals surface area contributed by atoms with E-state index in [2.05, 4.69) is 10.6 Å². The van der Waals surface area contributed by atoms with Gasteiger partial charge in [-0.1, -0.05) is 29.8 Å². The average molecular weight is 303 g/mol. The molecule has 0 bridgehead atoms. The number of amides is 3. The average Bonchev–Trinajstić information content (AvgIpc) is 2.37. The Labute approximate surface area is 128 Å². The molecule has 0 heterocycles. The molecule has 2 N–H and O–H groups in total. The van der Waals surface area contributed by atoms with Gasteiger partial charge in [-0.15, -0.1) is 0 Å². The lowest BCUT2D eigenvalue weighted by atomic mass is 10.1. The fourth-order valence-corrected chi connectivity index (χ4v) is 2.25. The van der Waals surface area contributed by atoms with Gasteiger partial charge in [-0.3, -0.25) is 10.1 Å². The normalized spacial score (nSPS) is 10.0. The molecule has 0 aliphatic heterocycles. The van der Waals surface area contributed by atoms with E-state index in [9.17, 15) is 9.59 Å². The van der Waals surface area contributed by atoms with E-state index in [4.69, 9.17) is 11.6 Å².